The van der Waals surface area contributed by atoms with Crippen molar-refractivity contribution in [2.75, 3.05) is 0 Å². The number of hydrogen-bond acceptors (Lipinski definition) is 1. The number of phenolic OH excluding ortho intramolecular Hbond substituents is 1. The Hall–Kier alpha value is -1.54. The van der Waals surface area contributed by atoms with Gasteiger partial charge in [0, 0.05) is 28.8 Å². The number of nitrogens with zero attached hydrogens (tertiary/aromatic N) is 1. The van der Waals surface area contributed by atoms with Crippen LogP contribution in [0.5, 0.6) is 5.75 Å². The van der Waals surface area contributed by atoms with Crippen LogP contribution in [0.15, 0.2) is 42.7 Å². The summed E-state index contributed by atoms with van der Waals surface area (Å²) in [6, 6.07) is 10.6. The Morgan fingerprint density at radius 2 is 1.26 bits per heavy atom. The molecule has 150 valence electrons. The first-order valence-corrected chi connectivity index (χ1v) is 10.0. The fourth-order valence-electron chi connectivity index (χ4n) is 4.09. The fourth-order valence-corrected chi connectivity index (χ4v) is 4.09. The molecule has 0 aliphatic rings. The Balaban J connectivity index is 0.00000364. The fraction of sp³-hybridized carbons (Fsp3) is 0.542. The van der Waals surface area contributed by atoms with Crippen LogP contribution in [0.4, 0.5) is 0 Å². The van der Waals surface area contributed by atoms with Gasteiger partial charge in [-0.3, -0.25) is 0 Å². The Kier molecular flexibility index (Phi) is 8.35. The van der Waals surface area contributed by atoms with Crippen molar-refractivity contribution in [2.45, 2.75) is 84.6 Å². The third-order valence-corrected chi connectivity index (χ3v) is 5.52. The second-order valence-electron chi connectivity index (χ2n) is 8.86. The molecular weight excluding hydrogens is 354 g/mol. The summed E-state index contributed by atoms with van der Waals surface area (Å²) < 4.78 is 2.19. The molecular formula is C24H36ClNO. The van der Waals surface area contributed by atoms with Crippen molar-refractivity contribution in [3.05, 3.63) is 59.4 Å². The number of aromatic nitrogens is 1. The Labute approximate surface area is 172 Å². The molecule has 1 N–H and O–H groups in total. The number of hydrogen-bond donors (Lipinski definition) is 1. The van der Waals surface area contributed by atoms with Gasteiger partial charge in [-0.25, -0.2) is 4.57 Å². The van der Waals surface area contributed by atoms with Gasteiger partial charge < -0.3 is 17.5 Å². The van der Waals surface area contributed by atoms with Crippen LogP contribution in [-0.4, -0.2) is 5.11 Å². The lowest BCUT2D eigenvalue weighted by atomic mass is 9.73. The first-order chi connectivity index (χ1) is 12.2. The van der Waals surface area contributed by atoms with Gasteiger partial charge in [0.25, 0.3) is 0 Å². The Bertz CT molecular complexity index is 683. The topological polar surface area (TPSA) is 24.1 Å². The van der Waals surface area contributed by atoms with Crippen LogP contribution in [0.2, 0.25) is 0 Å². The van der Waals surface area contributed by atoms with Crippen LogP contribution in [0, 0.1) is 0 Å². The molecule has 0 aliphatic heterocycles. The summed E-state index contributed by atoms with van der Waals surface area (Å²) in [7, 11) is 0. The zero-order chi connectivity index (χ0) is 19.4. The van der Waals surface area contributed by atoms with Gasteiger partial charge in [0.2, 0.25) is 0 Å². The van der Waals surface area contributed by atoms with E-state index < -0.39 is 0 Å². The molecule has 0 unspecified atom stereocenters. The molecule has 0 saturated carbocycles. The largest absolute Gasteiger partial charge is 1.00 e. The Morgan fingerprint density at radius 3 is 1.67 bits per heavy atom. The molecule has 0 radical (unpaired) electrons. The number of rotatable bonds is 8. The maximum Gasteiger partial charge on any atom is 0.173 e. The maximum absolute atomic E-state index is 11.2. The molecule has 0 atom stereocenters. The third-order valence-electron chi connectivity index (χ3n) is 5.52. The van der Waals surface area contributed by atoms with E-state index in [9.17, 15) is 5.11 Å². The number of pyridine rings is 1. The highest BCUT2D eigenvalue weighted by Crippen LogP contribution is 2.43. The van der Waals surface area contributed by atoms with E-state index in [1.165, 1.54) is 5.56 Å². The van der Waals surface area contributed by atoms with Crippen molar-refractivity contribution < 1.29 is 22.1 Å². The van der Waals surface area contributed by atoms with Gasteiger partial charge in [-0.1, -0.05) is 60.5 Å². The predicted molar refractivity (Wildman–Crippen MR) is 110 cm³/mol. The van der Waals surface area contributed by atoms with Crippen LogP contribution >= 0.6 is 0 Å². The summed E-state index contributed by atoms with van der Waals surface area (Å²) in [5.74, 6) is 0.503. The molecule has 27 heavy (non-hydrogen) atoms. The molecule has 1 aromatic carbocycles. The van der Waals surface area contributed by atoms with Crippen molar-refractivity contribution >= 4 is 0 Å². The standard InChI is InChI=1S/C24H35NO.ClH/c1-7-12-23(3,4)20-16-19(18-25-14-10-9-11-15-25)17-21(22(20)26)24(5,6)13-8-2;/h9-11,14-17H,7-8,12-13,18H2,1-6H3;1H. The van der Waals surface area contributed by atoms with Gasteiger partial charge in [0.15, 0.2) is 18.9 Å². The normalized spacial score (nSPS) is 11.9. The minimum absolute atomic E-state index is 0. The molecule has 0 aliphatic carbocycles. The lowest BCUT2D eigenvalue weighted by molar-refractivity contribution is -0.688. The molecule has 0 spiro atoms. The highest BCUT2D eigenvalue weighted by molar-refractivity contribution is 5.50. The average Bonchev–Trinajstić information content (AvgIpc) is 2.57. The van der Waals surface area contributed by atoms with Crippen LogP contribution < -0.4 is 17.0 Å². The first kappa shape index (κ1) is 23.5. The second-order valence-corrected chi connectivity index (χ2v) is 8.86. The van der Waals surface area contributed by atoms with Crippen LogP contribution in [-0.2, 0) is 17.4 Å². The summed E-state index contributed by atoms with van der Waals surface area (Å²) >= 11 is 0. The van der Waals surface area contributed by atoms with E-state index >= 15 is 0 Å². The summed E-state index contributed by atoms with van der Waals surface area (Å²) in [5, 5.41) is 11.2. The van der Waals surface area contributed by atoms with Crippen molar-refractivity contribution in [1.29, 1.82) is 0 Å². The zero-order valence-electron chi connectivity index (χ0n) is 17.8. The van der Waals surface area contributed by atoms with Gasteiger partial charge in [-0.15, -0.1) is 0 Å². The minimum atomic E-state index is -0.0345. The SMILES string of the molecule is CCCC(C)(C)c1cc(C[n+]2ccccc2)cc(C(C)(C)CCC)c1O.[Cl-]. The first-order valence-electron chi connectivity index (χ1n) is 10.0. The van der Waals surface area contributed by atoms with E-state index in [1.54, 1.807) is 0 Å². The summed E-state index contributed by atoms with van der Waals surface area (Å²) in [6.07, 6.45) is 8.54. The smallest absolute Gasteiger partial charge is 0.173 e. The molecule has 0 saturated heterocycles. The van der Waals surface area contributed by atoms with Gasteiger partial charge in [0.05, 0.1) is 0 Å². The zero-order valence-corrected chi connectivity index (χ0v) is 18.6. The number of aromatic hydroxyl groups is 1. The number of benzene rings is 1. The van der Waals surface area contributed by atoms with Gasteiger partial charge in [-0.2, -0.15) is 0 Å². The highest BCUT2D eigenvalue weighted by Gasteiger charge is 2.31. The van der Waals surface area contributed by atoms with Crippen LogP contribution in [0.3, 0.4) is 0 Å². The molecule has 2 aromatic rings. The lowest BCUT2D eigenvalue weighted by Gasteiger charge is -2.32. The molecule has 1 heterocycles. The second kappa shape index (κ2) is 9.59. The van der Waals surface area contributed by atoms with E-state index in [0.29, 0.717) is 5.75 Å². The lowest BCUT2D eigenvalue weighted by Crippen LogP contribution is -3.00. The van der Waals surface area contributed by atoms with E-state index in [-0.39, 0.29) is 23.2 Å². The quantitative estimate of drug-likeness (QED) is 0.689. The number of phenols is 1. The van der Waals surface area contributed by atoms with Crippen molar-refractivity contribution in [2.24, 2.45) is 0 Å². The molecule has 0 fully saturated rings. The summed E-state index contributed by atoms with van der Waals surface area (Å²) in [6.45, 7) is 14.3. The summed E-state index contributed by atoms with van der Waals surface area (Å²) in [5.41, 5.74) is 3.37. The van der Waals surface area contributed by atoms with Crippen LogP contribution in [0.1, 0.15) is 83.9 Å². The predicted octanol–water partition coefficient (Wildman–Crippen LogP) is 2.89. The monoisotopic (exact) mass is 389 g/mol. The van der Waals surface area contributed by atoms with E-state index in [1.807, 2.05) is 6.07 Å². The van der Waals surface area contributed by atoms with Gasteiger partial charge >= 0.3 is 0 Å². The molecule has 0 bridgehead atoms. The van der Waals surface area contributed by atoms with Gasteiger partial charge in [0.1, 0.15) is 5.75 Å². The van der Waals surface area contributed by atoms with E-state index in [2.05, 4.69) is 82.8 Å². The number of halogens is 1. The average molecular weight is 390 g/mol. The molecule has 2 nitrogen and oxygen atoms in total. The minimum Gasteiger partial charge on any atom is -1.00 e. The van der Waals surface area contributed by atoms with E-state index in [4.69, 9.17) is 0 Å². The molecule has 1 aromatic heterocycles. The molecule has 0 amide bonds. The molecule has 2 rings (SSSR count). The van der Waals surface area contributed by atoms with Crippen molar-refractivity contribution in [3.63, 3.8) is 0 Å². The van der Waals surface area contributed by atoms with Crippen molar-refractivity contribution in [1.82, 2.24) is 0 Å². The molecule has 3 heteroatoms. The van der Waals surface area contributed by atoms with Crippen molar-refractivity contribution in [3.8, 4) is 5.75 Å². The summed E-state index contributed by atoms with van der Waals surface area (Å²) in [4.78, 5) is 0. The third kappa shape index (κ3) is 5.72. The van der Waals surface area contributed by atoms with E-state index in [0.717, 1.165) is 43.4 Å². The maximum atomic E-state index is 11.2. The highest BCUT2D eigenvalue weighted by atomic mass is 35.5. The Morgan fingerprint density at radius 1 is 0.815 bits per heavy atom. The van der Waals surface area contributed by atoms with Gasteiger partial charge in [-0.05, 0) is 35.8 Å². The van der Waals surface area contributed by atoms with Crippen LogP contribution in [0.25, 0.3) is 0 Å².